The van der Waals surface area contributed by atoms with E-state index in [0.717, 1.165) is 12.2 Å². The molecule has 0 atom stereocenters. The van der Waals surface area contributed by atoms with Crippen molar-refractivity contribution in [2.24, 2.45) is 0 Å². The molecule has 0 bridgehead atoms. The molecule has 1 aliphatic carbocycles. The number of rotatable bonds is 2. The first kappa shape index (κ1) is 9.49. The Bertz CT molecular complexity index is 537. The fraction of sp³-hybridized carbons (Fsp3) is 0.0769. The maximum absolute atomic E-state index is 8.72. The van der Waals surface area contributed by atoms with Gasteiger partial charge in [-0.15, -0.1) is 0 Å². The third kappa shape index (κ3) is 1.41. The van der Waals surface area contributed by atoms with Crippen LogP contribution in [0.1, 0.15) is 11.1 Å². The average Bonchev–Trinajstić information content (AvgIpc) is 2.67. The fourth-order valence-electron chi connectivity index (χ4n) is 2.29. The Morgan fingerprint density at radius 1 is 1.00 bits per heavy atom. The van der Waals surface area contributed by atoms with E-state index in [1.54, 1.807) is 0 Å². The van der Waals surface area contributed by atoms with E-state index in [9.17, 15) is 0 Å². The lowest BCUT2D eigenvalue weighted by Gasteiger charge is -2.05. The van der Waals surface area contributed by atoms with E-state index >= 15 is 0 Å². The van der Waals surface area contributed by atoms with Gasteiger partial charge in [0.15, 0.2) is 0 Å². The number of hydrogen-bond acceptors (Lipinski definition) is 2. The first-order valence-corrected chi connectivity index (χ1v) is 5.33. The maximum Gasteiger partial charge on any atom is 0.504 e. The van der Waals surface area contributed by atoms with E-state index in [0.29, 0.717) is 0 Å². The molecule has 0 spiro atoms. The zero-order chi connectivity index (χ0) is 11.0. The topological polar surface area (TPSA) is 29.5 Å². The van der Waals surface area contributed by atoms with Gasteiger partial charge in [-0.05, 0) is 40.8 Å². The van der Waals surface area contributed by atoms with Crippen LogP contribution in [0.25, 0.3) is 11.1 Å². The third-order valence-electron chi connectivity index (χ3n) is 3.00. The summed E-state index contributed by atoms with van der Waals surface area (Å²) in [6, 6.07) is 14.4. The molecule has 0 aliphatic heterocycles. The highest BCUT2D eigenvalue weighted by atomic mass is 16.5. The molecule has 0 saturated carbocycles. The van der Waals surface area contributed by atoms with Gasteiger partial charge in [-0.3, -0.25) is 0 Å². The molecule has 2 aromatic rings. The molecule has 0 saturated heterocycles. The molecule has 0 aromatic heterocycles. The molecule has 3 rings (SSSR count). The summed E-state index contributed by atoms with van der Waals surface area (Å²) < 4.78 is 5.09. The van der Waals surface area contributed by atoms with E-state index in [2.05, 4.69) is 30.3 Å². The minimum Gasteiger partial charge on any atom is -0.539 e. The lowest BCUT2D eigenvalue weighted by Crippen LogP contribution is -1.99. The van der Waals surface area contributed by atoms with Crippen molar-refractivity contribution in [1.82, 2.24) is 0 Å². The Morgan fingerprint density at radius 2 is 1.81 bits per heavy atom. The van der Waals surface area contributed by atoms with Crippen molar-refractivity contribution in [3.05, 3.63) is 53.6 Å². The first-order chi connectivity index (χ1) is 7.88. The minimum absolute atomic E-state index is 0.272. The largest absolute Gasteiger partial charge is 0.539 e. The van der Waals surface area contributed by atoms with Crippen molar-refractivity contribution in [2.75, 3.05) is 0 Å². The molecule has 78 valence electrons. The molecule has 16 heavy (non-hydrogen) atoms. The van der Waals surface area contributed by atoms with Gasteiger partial charge in [-0.2, -0.15) is 0 Å². The number of hydrogen-bond donors (Lipinski definition) is 1. The van der Waals surface area contributed by atoms with E-state index in [4.69, 9.17) is 9.68 Å². The maximum atomic E-state index is 8.72. The second kappa shape index (κ2) is 3.69. The molecule has 0 radical (unpaired) electrons. The van der Waals surface area contributed by atoms with Gasteiger partial charge in [0, 0.05) is 0 Å². The minimum atomic E-state index is -0.272. The Labute approximate surface area is 94.8 Å². The Morgan fingerprint density at radius 3 is 2.69 bits per heavy atom. The summed E-state index contributed by atoms with van der Waals surface area (Å²) in [6.45, 7) is 0. The van der Waals surface area contributed by atoms with E-state index in [1.165, 1.54) is 22.3 Å². The van der Waals surface area contributed by atoms with Gasteiger partial charge in [0.05, 0.1) is 0 Å². The Balaban J connectivity index is 2.07. The van der Waals surface area contributed by atoms with Crippen LogP contribution >= 0.6 is 0 Å². The van der Waals surface area contributed by atoms with Gasteiger partial charge >= 0.3 is 7.69 Å². The molecule has 0 heterocycles. The molecule has 3 heteroatoms. The zero-order valence-electron chi connectivity index (χ0n) is 8.81. The highest BCUT2D eigenvalue weighted by Crippen LogP contribution is 2.37. The van der Waals surface area contributed by atoms with Gasteiger partial charge in [0.2, 0.25) is 0 Å². The fourth-order valence-corrected chi connectivity index (χ4v) is 2.29. The van der Waals surface area contributed by atoms with Crippen molar-refractivity contribution in [2.45, 2.75) is 6.42 Å². The molecule has 2 aromatic carbocycles. The molecule has 0 amide bonds. The number of benzene rings is 2. The monoisotopic (exact) mass is 210 g/mol. The molecule has 0 fully saturated rings. The smallest absolute Gasteiger partial charge is 0.504 e. The van der Waals surface area contributed by atoms with E-state index in [-0.39, 0.29) is 7.69 Å². The summed E-state index contributed by atoms with van der Waals surface area (Å²) in [7, 11) is -0.272. The van der Waals surface area contributed by atoms with Crippen LogP contribution in [0.15, 0.2) is 42.5 Å². The molecule has 2 nitrogen and oxygen atoms in total. The summed E-state index contributed by atoms with van der Waals surface area (Å²) in [6.07, 6.45) is 0.953. The van der Waals surface area contributed by atoms with Gasteiger partial charge in [-0.1, -0.05) is 30.3 Å². The Hall–Kier alpha value is -1.74. The SMILES string of the molecule is OBOc1ccc2c(c1)Cc1ccccc1-2. The molecule has 0 unspecified atom stereocenters. The van der Waals surface area contributed by atoms with Crippen LogP contribution < -0.4 is 4.65 Å². The van der Waals surface area contributed by atoms with Crippen LogP contribution in [-0.2, 0) is 6.42 Å². The van der Waals surface area contributed by atoms with Crippen molar-refractivity contribution < 1.29 is 9.68 Å². The molecular weight excluding hydrogens is 199 g/mol. The van der Waals surface area contributed by atoms with E-state index in [1.807, 2.05) is 12.1 Å². The second-order valence-corrected chi connectivity index (χ2v) is 3.93. The van der Waals surface area contributed by atoms with Crippen molar-refractivity contribution in [3.63, 3.8) is 0 Å². The second-order valence-electron chi connectivity index (χ2n) is 3.93. The summed E-state index contributed by atoms with van der Waals surface area (Å²) in [5.41, 5.74) is 5.22. The van der Waals surface area contributed by atoms with Crippen LogP contribution in [0.3, 0.4) is 0 Å². The van der Waals surface area contributed by atoms with Crippen molar-refractivity contribution >= 4 is 7.69 Å². The summed E-state index contributed by atoms with van der Waals surface area (Å²) in [4.78, 5) is 0. The van der Waals surface area contributed by atoms with Gasteiger partial charge in [-0.25, -0.2) is 0 Å². The standard InChI is InChI=1S/C13H11BO2/c15-14-16-11-5-6-13-10(8-11)7-9-3-1-2-4-12(9)13/h1-6,8,14-15H,7H2. The van der Waals surface area contributed by atoms with Crippen LogP contribution in [0.5, 0.6) is 5.75 Å². The van der Waals surface area contributed by atoms with Crippen LogP contribution in [0, 0.1) is 0 Å². The van der Waals surface area contributed by atoms with Gasteiger partial charge in [0.25, 0.3) is 0 Å². The van der Waals surface area contributed by atoms with Crippen LogP contribution in [-0.4, -0.2) is 12.7 Å². The van der Waals surface area contributed by atoms with E-state index < -0.39 is 0 Å². The highest BCUT2D eigenvalue weighted by Gasteiger charge is 2.17. The zero-order valence-corrected chi connectivity index (χ0v) is 8.81. The number of fused-ring (bicyclic) bond motifs is 3. The van der Waals surface area contributed by atoms with Crippen LogP contribution in [0.4, 0.5) is 0 Å². The quantitative estimate of drug-likeness (QED) is 0.654. The molecule has 1 aliphatic rings. The summed E-state index contributed by atoms with van der Waals surface area (Å²) >= 11 is 0. The average molecular weight is 210 g/mol. The van der Waals surface area contributed by atoms with Gasteiger partial charge < -0.3 is 9.68 Å². The molecular formula is C13H11BO2. The lowest BCUT2D eigenvalue weighted by atomic mass is 10.1. The lowest BCUT2D eigenvalue weighted by molar-refractivity contribution is 0.453. The van der Waals surface area contributed by atoms with Crippen molar-refractivity contribution in [3.8, 4) is 16.9 Å². The Kier molecular flexibility index (Phi) is 2.19. The normalized spacial score (nSPS) is 11.8. The predicted octanol–water partition coefficient (Wildman–Crippen LogP) is 1.90. The first-order valence-electron chi connectivity index (χ1n) is 5.33. The highest BCUT2D eigenvalue weighted by molar-refractivity contribution is 6.17. The summed E-state index contributed by atoms with van der Waals surface area (Å²) in [5.74, 6) is 0.731. The third-order valence-corrected chi connectivity index (χ3v) is 3.00. The van der Waals surface area contributed by atoms with Crippen molar-refractivity contribution in [1.29, 1.82) is 0 Å². The van der Waals surface area contributed by atoms with Gasteiger partial charge in [0.1, 0.15) is 5.75 Å². The summed E-state index contributed by atoms with van der Waals surface area (Å²) in [5, 5.41) is 8.72. The molecule has 1 N–H and O–H groups in total. The van der Waals surface area contributed by atoms with Crippen LogP contribution in [0.2, 0.25) is 0 Å². The predicted molar refractivity (Wildman–Crippen MR) is 64.7 cm³/mol.